The molecule has 0 amide bonds. The Bertz CT molecular complexity index is 333. The maximum Gasteiger partial charge on any atom is 0.417 e. The fraction of sp³-hybridized carbons (Fsp3) is 0.125. The molecule has 70 valence electrons. The first-order valence-electron chi connectivity index (χ1n) is 3.36. The van der Waals surface area contributed by atoms with E-state index in [4.69, 9.17) is 10.5 Å². The highest BCUT2D eigenvalue weighted by Gasteiger charge is 2.33. The predicted molar refractivity (Wildman–Crippen MR) is 41.0 cm³/mol. The van der Waals surface area contributed by atoms with Crippen molar-refractivity contribution in [2.45, 2.75) is 6.18 Å². The molecule has 0 saturated carbocycles. The van der Waals surface area contributed by atoms with E-state index in [1.54, 1.807) is 0 Å². The van der Waals surface area contributed by atoms with Crippen LogP contribution in [0.25, 0.3) is 0 Å². The van der Waals surface area contributed by atoms with E-state index in [9.17, 15) is 13.2 Å². The average Bonchev–Trinajstić information content (AvgIpc) is 2.02. The van der Waals surface area contributed by atoms with Gasteiger partial charge < -0.3 is 10.5 Å². The Balaban J connectivity index is 3.37. The van der Waals surface area contributed by atoms with Gasteiger partial charge in [-0.1, -0.05) is 6.07 Å². The summed E-state index contributed by atoms with van der Waals surface area (Å²) in [6, 6.07) is 3.01. The third-order valence-electron chi connectivity index (χ3n) is 1.53. The molecule has 0 aliphatic rings. The zero-order chi connectivity index (χ0) is 10.1. The molecule has 0 aromatic heterocycles. The number of hydrogen-bond donors (Lipinski definition) is 2. The summed E-state index contributed by atoms with van der Waals surface area (Å²) in [6.45, 7) is 0. The fourth-order valence-corrected chi connectivity index (χ4v) is 0.952. The van der Waals surface area contributed by atoms with Crippen LogP contribution in [-0.4, -0.2) is 11.3 Å². The van der Waals surface area contributed by atoms with Crippen molar-refractivity contribution in [2.75, 3.05) is 0 Å². The standard InChI is InChI=1S/C8H6F3NO/c9-8(10,11)6-2-1-3-7(13)5(6)4-12/h1-4,12-13H. The number of phenols is 1. The number of phenolic OH excluding ortho intramolecular Hbond substituents is 1. The molecule has 0 atom stereocenters. The summed E-state index contributed by atoms with van der Waals surface area (Å²) in [6.07, 6.45) is -4.05. The van der Waals surface area contributed by atoms with Crippen molar-refractivity contribution in [3.8, 4) is 5.75 Å². The van der Waals surface area contributed by atoms with Gasteiger partial charge in [0.25, 0.3) is 0 Å². The Labute approximate surface area is 72.1 Å². The molecule has 13 heavy (non-hydrogen) atoms. The quantitative estimate of drug-likeness (QED) is 0.654. The van der Waals surface area contributed by atoms with E-state index in [2.05, 4.69) is 0 Å². The summed E-state index contributed by atoms with van der Waals surface area (Å²) >= 11 is 0. The van der Waals surface area contributed by atoms with Crippen LogP contribution in [0.2, 0.25) is 0 Å². The molecule has 0 aliphatic heterocycles. The van der Waals surface area contributed by atoms with Gasteiger partial charge in [0.05, 0.1) is 5.56 Å². The van der Waals surface area contributed by atoms with E-state index in [1.807, 2.05) is 0 Å². The first-order valence-corrected chi connectivity index (χ1v) is 3.36. The Morgan fingerprint density at radius 1 is 1.31 bits per heavy atom. The lowest BCUT2D eigenvalue weighted by atomic mass is 10.1. The minimum Gasteiger partial charge on any atom is -0.507 e. The summed E-state index contributed by atoms with van der Waals surface area (Å²) in [5, 5.41) is 15.7. The maximum atomic E-state index is 12.2. The molecule has 1 aromatic rings. The highest BCUT2D eigenvalue weighted by atomic mass is 19.4. The molecule has 1 aromatic carbocycles. The van der Waals surface area contributed by atoms with Crippen molar-refractivity contribution < 1.29 is 18.3 Å². The van der Waals surface area contributed by atoms with E-state index < -0.39 is 23.1 Å². The zero-order valence-electron chi connectivity index (χ0n) is 6.39. The van der Waals surface area contributed by atoms with E-state index in [0.717, 1.165) is 18.2 Å². The van der Waals surface area contributed by atoms with Crippen LogP contribution in [0.1, 0.15) is 11.1 Å². The minimum absolute atomic E-state index is 0.484. The van der Waals surface area contributed by atoms with Gasteiger partial charge in [0, 0.05) is 11.8 Å². The van der Waals surface area contributed by atoms with Gasteiger partial charge in [-0.15, -0.1) is 0 Å². The highest BCUT2D eigenvalue weighted by Crippen LogP contribution is 2.34. The van der Waals surface area contributed by atoms with Crippen molar-refractivity contribution in [1.82, 2.24) is 0 Å². The highest BCUT2D eigenvalue weighted by molar-refractivity contribution is 5.83. The monoisotopic (exact) mass is 189 g/mol. The second-order valence-corrected chi connectivity index (χ2v) is 2.38. The van der Waals surface area contributed by atoms with Crippen LogP contribution in [0.15, 0.2) is 18.2 Å². The van der Waals surface area contributed by atoms with E-state index in [1.165, 1.54) is 0 Å². The van der Waals surface area contributed by atoms with Crippen LogP contribution >= 0.6 is 0 Å². The molecule has 0 unspecified atom stereocenters. The minimum atomic E-state index is -4.54. The molecule has 0 heterocycles. The third kappa shape index (κ3) is 1.80. The molecule has 2 N–H and O–H groups in total. The molecule has 0 fully saturated rings. The van der Waals surface area contributed by atoms with Crippen molar-refractivity contribution in [1.29, 1.82) is 5.41 Å². The Kier molecular flexibility index (Phi) is 2.27. The molecule has 0 radical (unpaired) electrons. The number of aromatic hydroxyl groups is 1. The number of halogens is 3. The third-order valence-corrected chi connectivity index (χ3v) is 1.53. The second kappa shape index (κ2) is 3.08. The van der Waals surface area contributed by atoms with Crippen LogP contribution < -0.4 is 0 Å². The molecule has 1 rings (SSSR count). The van der Waals surface area contributed by atoms with Crippen LogP contribution in [-0.2, 0) is 6.18 Å². The first kappa shape index (κ1) is 9.57. The topological polar surface area (TPSA) is 44.1 Å². The zero-order valence-corrected chi connectivity index (χ0v) is 6.39. The van der Waals surface area contributed by atoms with E-state index >= 15 is 0 Å². The van der Waals surface area contributed by atoms with Gasteiger partial charge in [0.15, 0.2) is 0 Å². The van der Waals surface area contributed by atoms with Crippen molar-refractivity contribution >= 4 is 6.21 Å². The Hall–Kier alpha value is -1.52. The molecule has 0 spiro atoms. The molecule has 5 heteroatoms. The van der Waals surface area contributed by atoms with Crippen LogP contribution in [0.4, 0.5) is 13.2 Å². The van der Waals surface area contributed by atoms with Crippen molar-refractivity contribution in [2.24, 2.45) is 0 Å². The smallest absolute Gasteiger partial charge is 0.417 e. The lowest BCUT2D eigenvalue weighted by Crippen LogP contribution is -2.08. The van der Waals surface area contributed by atoms with Gasteiger partial charge >= 0.3 is 6.18 Å². The SMILES string of the molecule is N=Cc1c(O)cccc1C(F)(F)F. The summed E-state index contributed by atoms with van der Waals surface area (Å²) in [5.74, 6) is -0.537. The Morgan fingerprint density at radius 3 is 2.31 bits per heavy atom. The van der Waals surface area contributed by atoms with Crippen LogP contribution in [0, 0.1) is 5.41 Å². The van der Waals surface area contributed by atoms with Gasteiger partial charge in [-0.25, -0.2) is 0 Å². The molecule has 0 saturated heterocycles. The molecule has 0 aliphatic carbocycles. The first-order chi connectivity index (χ1) is 5.96. The average molecular weight is 189 g/mol. The lowest BCUT2D eigenvalue weighted by molar-refractivity contribution is -0.137. The van der Waals surface area contributed by atoms with Crippen molar-refractivity contribution in [3.63, 3.8) is 0 Å². The second-order valence-electron chi connectivity index (χ2n) is 2.38. The molecular formula is C8H6F3NO. The summed E-state index contributed by atoms with van der Waals surface area (Å²) in [7, 11) is 0. The van der Waals surface area contributed by atoms with Crippen LogP contribution in [0.3, 0.4) is 0 Å². The largest absolute Gasteiger partial charge is 0.507 e. The van der Waals surface area contributed by atoms with Crippen molar-refractivity contribution in [3.05, 3.63) is 29.3 Å². The maximum absolute atomic E-state index is 12.2. The normalized spacial score (nSPS) is 11.3. The summed E-state index contributed by atoms with van der Waals surface area (Å²) in [4.78, 5) is 0. The van der Waals surface area contributed by atoms with Gasteiger partial charge in [-0.2, -0.15) is 13.2 Å². The molecule has 0 bridgehead atoms. The molecule has 2 nitrogen and oxygen atoms in total. The summed E-state index contributed by atoms with van der Waals surface area (Å²) in [5.41, 5.74) is -1.50. The predicted octanol–water partition coefficient (Wildman–Crippen LogP) is 2.41. The number of hydrogen-bond acceptors (Lipinski definition) is 2. The number of alkyl halides is 3. The van der Waals surface area contributed by atoms with Crippen LogP contribution in [0.5, 0.6) is 5.75 Å². The number of nitrogens with one attached hydrogen (secondary N) is 1. The van der Waals surface area contributed by atoms with E-state index in [-0.39, 0.29) is 0 Å². The van der Waals surface area contributed by atoms with Gasteiger partial charge in [-0.05, 0) is 12.1 Å². The fourth-order valence-electron chi connectivity index (χ4n) is 0.952. The number of benzene rings is 1. The lowest BCUT2D eigenvalue weighted by Gasteiger charge is -2.10. The van der Waals surface area contributed by atoms with Gasteiger partial charge in [0.2, 0.25) is 0 Å². The Morgan fingerprint density at radius 2 is 1.92 bits per heavy atom. The van der Waals surface area contributed by atoms with E-state index in [0.29, 0.717) is 6.21 Å². The summed E-state index contributed by atoms with van der Waals surface area (Å²) < 4.78 is 36.6. The number of rotatable bonds is 1. The van der Waals surface area contributed by atoms with Gasteiger partial charge in [-0.3, -0.25) is 0 Å². The van der Waals surface area contributed by atoms with Gasteiger partial charge in [0.1, 0.15) is 5.75 Å². The molecular weight excluding hydrogens is 183 g/mol.